The van der Waals surface area contributed by atoms with Gasteiger partial charge in [0.15, 0.2) is 0 Å². The fourth-order valence-electron chi connectivity index (χ4n) is 3.54. The van der Waals surface area contributed by atoms with Gasteiger partial charge in [-0.1, -0.05) is 18.6 Å². The SMILES string of the molecule is NC(c1ccc2c(c1)CCO2)C1CCCC(C(F)(F)F)C1. The van der Waals surface area contributed by atoms with Crippen LogP contribution in [0.1, 0.15) is 42.9 Å². The Kier molecular flexibility index (Phi) is 3.86. The maximum atomic E-state index is 12.9. The number of benzene rings is 1. The number of rotatable bonds is 2. The van der Waals surface area contributed by atoms with Gasteiger partial charge in [0.05, 0.1) is 12.5 Å². The maximum Gasteiger partial charge on any atom is 0.391 e. The summed E-state index contributed by atoms with van der Waals surface area (Å²) in [7, 11) is 0. The summed E-state index contributed by atoms with van der Waals surface area (Å²) in [6.45, 7) is 0.674. The second-order valence-corrected chi connectivity index (χ2v) is 6.16. The first-order chi connectivity index (χ1) is 9.95. The van der Waals surface area contributed by atoms with Crippen LogP contribution in [0.4, 0.5) is 13.2 Å². The molecule has 2 N–H and O–H groups in total. The van der Waals surface area contributed by atoms with Crippen LogP contribution in [0.3, 0.4) is 0 Å². The van der Waals surface area contributed by atoms with E-state index in [4.69, 9.17) is 10.5 Å². The summed E-state index contributed by atoms with van der Waals surface area (Å²) >= 11 is 0. The van der Waals surface area contributed by atoms with Crippen molar-refractivity contribution in [2.45, 2.75) is 44.3 Å². The first-order valence-corrected chi connectivity index (χ1v) is 7.53. The molecule has 0 radical (unpaired) electrons. The Hall–Kier alpha value is -1.23. The molecule has 1 fully saturated rings. The minimum Gasteiger partial charge on any atom is -0.493 e. The zero-order valence-electron chi connectivity index (χ0n) is 11.8. The van der Waals surface area contributed by atoms with E-state index in [1.807, 2.05) is 18.2 Å². The predicted molar refractivity (Wildman–Crippen MR) is 74.1 cm³/mol. The lowest BCUT2D eigenvalue weighted by Gasteiger charge is -2.34. The van der Waals surface area contributed by atoms with Crippen molar-refractivity contribution in [1.29, 1.82) is 0 Å². The molecule has 5 heteroatoms. The molecule has 1 heterocycles. The normalized spacial score (nSPS) is 27.0. The first kappa shape index (κ1) is 14.7. The average molecular weight is 299 g/mol. The molecule has 0 bridgehead atoms. The minimum absolute atomic E-state index is 0.0919. The third-order valence-corrected chi connectivity index (χ3v) is 4.78. The largest absolute Gasteiger partial charge is 0.493 e. The molecule has 1 aliphatic carbocycles. The highest BCUT2D eigenvalue weighted by Gasteiger charge is 2.43. The van der Waals surface area contributed by atoms with E-state index in [0.717, 1.165) is 29.7 Å². The van der Waals surface area contributed by atoms with Gasteiger partial charge in [-0.3, -0.25) is 0 Å². The molecule has 1 aromatic carbocycles. The van der Waals surface area contributed by atoms with Crippen molar-refractivity contribution in [2.75, 3.05) is 6.61 Å². The van der Waals surface area contributed by atoms with Gasteiger partial charge in [0.25, 0.3) is 0 Å². The number of hydrogen-bond acceptors (Lipinski definition) is 2. The molecule has 116 valence electrons. The van der Waals surface area contributed by atoms with Crippen LogP contribution in [0.2, 0.25) is 0 Å². The van der Waals surface area contributed by atoms with E-state index in [1.54, 1.807) is 0 Å². The summed E-state index contributed by atoms with van der Waals surface area (Å²) in [4.78, 5) is 0. The van der Waals surface area contributed by atoms with Crippen LogP contribution in [0.25, 0.3) is 0 Å². The smallest absolute Gasteiger partial charge is 0.391 e. The van der Waals surface area contributed by atoms with Crippen molar-refractivity contribution in [2.24, 2.45) is 17.6 Å². The van der Waals surface area contributed by atoms with Gasteiger partial charge < -0.3 is 10.5 Å². The van der Waals surface area contributed by atoms with Crippen LogP contribution in [-0.4, -0.2) is 12.8 Å². The number of fused-ring (bicyclic) bond motifs is 1. The van der Waals surface area contributed by atoms with Gasteiger partial charge in [-0.2, -0.15) is 13.2 Å². The molecule has 0 amide bonds. The average Bonchev–Trinajstić information content (AvgIpc) is 2.93. The number of halogens is 3. The molecule has 0 aromatic heterocycles. The second kappa shape index (κ2) is 5.52. The molecule has 1 aliphatic heterocycles. The van der Waals surface area contributed by atoms with Crippen molar-refractivity contribution >= 4 is 0 Å². The zero-order chi connectivity index (χ0) is 15.0. The Morgan fingerprint density at radius 2 is 2.05 bits per heavy atom. The van der Waals surface area contributed by atoms with Crippen LogP contribution < -0.4 is 10.5 Å². The summed E-state index contributed by atoms with van der Waals surface area (Å²) in [6.07, 6.45) is -1.46. The molecule has 3 rings (SSSR count). The third-order valence-electron chi connectivity index (χ3n) is 4.78. The Morgan fingerprint density at radius 3 is 2.81 bits per heavy atom. The van der Waals surface area contributed by atoms with Crippen molar-refractivity contribution in [3.63, 3.8) is 0 Å². The van der Waals surface area contributed by atoms with Gasteiger partial charge in [-0.25, -0.2) is 0 Å². The Balaban J connectivity index is 1.74. The van der Waals surface area contributed by atoms with Gasteiger partial charge in [-0.05, 0) is 42.4 Å². The van der Waals surface area contributed by atoms with Crippen LogP contribution in [0.5, 0.6) is 5.75 Å². The quantitative estimate of drug-likeness (QED) is 0.896. The van der Waals surface area contributed by atoms with Crippen molar-refractivity contribution < 1.29 is 17.9 Å². The molecule has 21 heavy (non-hydrogen) atoms. The minimum atomic E-state index is -4.09. The van der Waals surface area contributed by atoms with Crippen molar-refractivity contribution in [1.82, 2.24) is 0 Å². The maximum absolute atomic E-state index is 12.9. The summed E-state index contributed by atoms with van der Waals surface area (Å²) in [5, 5.41) is 0. The van der Waals surface area contributed by atoms with E-state index in [-0.39, 0.29) is 24.8 Å². The zero-order valence-corrected chi connectivity index (χ0v) is 11.8. The highest BCUT2D eigenvalue weighted by atomic mass is 19.4. The fourth-order valence-corrected chi connectivity index (χ4v) is 3.54. The molecule has 3 unspecified atom stereocenters. The predicted octanol–water partition coefficient (Wildman–Crippen LogP) is 3.99. The van der Waals surface area contributed by atoms with E-state index in [0.29, 0.717) is 13.0 Å². The van der Waals surface area contributed by atoms with Gasteiger partial charge >= 0.3 is 6.18 Å². The summed E-state index contributed by atoms with van der Waals surface area (Å²) in [5.41, 5.74) is 8.32. The fraction of sp³-hybridized carbons (Fsp3) is 0.625. The lowest BCUT2D eigenvalue weighted by molar-refractivity contribution is -0.186. The monoisotopic (exact) mass is 299 g/mol. The molecular weight excluding hydrogens is 279 g/mol. The number of hydrogen-bond donors (Lipinski definition) is 1. The molecule has 0 saturated heterocycles. The lowest BCUT2D eigenvalue weighted by Crippen LogP contribution is -2.33. The van der Waals surface area contributed by atoms with Crippen LogP contribution in [-0.2, 0) is 6.42 Å². The van der Waals surface area contributed by atoms with E-state index in [9.17, 15) is 13.2 Å². The first-order valence-electron chi connectivity index (χ1n) is 7.53. The van der Waals surface area contributed by atoms with E-state index in [2.05, 4.69) is 0 Å². The lowest BCUT2D eigenvalue weighted by atomic mass is 9.76. The Bertz CT molecular complexity index is 515. The Morgan fingerprint density at radius 1 is 1.24 bits per heavy atom. The van der Waals surface area contributed by atoms with Gasteiger partial charge in [0.2, 0.25) is 0 Å². The van der Waals surface area contributed by atoms with Gasteiger partial charge in [0, 0.05) is 12.5 Å². The van der Waals surface area contributed by atoms with Gasteiger partial charge in [0.1, 0.15) is 5.75 Å². The summed E-state index contributed by atoms with van der Waals surface area (Å²) in [5.74, 6) is -0.409. The molecule has 0 spiro atoms. The van der Waals surface area contributed by atoms with E-state index >= 15 is 0 Å². The second-order valence-electron chi connectivity index (χ2n) is 6.16. The van der Waals surface area contributed by atoms with Crippen LogP contribution in [0, 0.1) is 11.8 Å². The van der Waals surface area contributed by atoms with Crippen molar-refractivity contribution in [3.8, 4) is 5.75 Å². The van der Waals surface area contributed by atoms with Crippen LogP contribution >= 0.6 is 0 Å². The standard InChI is InChI=1S/C16H20F3NO/c17-16(18,19)13-3-1-2-11(9-13)15(20)12-4-5-14-10(8-12)6-7-21-14/h4-5,8,11,13,15H,1-3,6-7,9,20H2. The van der Waals surface area contributed by atoms with Crippen molar-refractivity contribution in [3.05, 3.63) is 29.3 Å². The summed E-state index contributed by atoms with van der Waals surface area (Å²) < 4.78 is 44.2. The number of ether oxygens (including phenoxy) is 1. The topological polar surface area (TPSA) is 35.2 Å². The Labute approximate surface area is 122 Å². The molecule has 3 atom stereocenters. The number of alkyl halides is 3. The molecule has 2 aliphatic rings. The highest BCUT2D eigenvalue weighted by Crippen LogP contribution is 2.43. The third kappa shape index (κ3) is 3.03. The van der Waals surface area contributed by atoms with E-state index < -0.39 is 12.1 Å². The molecule has 1 aromatic rings. The number of nitrogens with two attached hydrogens (primary N) is 1. The van der Waals surface area contributed by atoms with Gasteiger partial charge in [-0.15, -0.1) is 0 Å². The van der Waals surface area contributed by atoms with E-state index in [1.165, 1.54) is 0 Å². The molecule has 2 nitrogen and oxygen atoms in total. The van der Waals surface area contributed by atoms with Crippen LogP contribution in [0.15, 0.2) is 18.2 Å². The molecular formula is C16H20F3NO. The summed E-state index contributed by atoms with van der Waals surface area (Å²) in [6, 6.07) is 5.47. The highest BCUT2D eigenvalue weighted by molar-refractivity contribution is 5.40. The molecule has 1 saturated carbocycles.